The van der Waals surface area contributed by atoms with Gasteiger partial charge in [0.05, 0.1) is 16.0 Å². The van der Waals surface area contributed by atoms with Crippen molar-refractivity contribution in [1.29, 1.82) is 0 Å². The van der Waals surface area contributed by atoms with Gasteiger partial charge in [0.25, 0.3) is 0 Å². The SMILES string of the molecule is O=C(CSc1nc2ccc(Nc3nc(Nc4ccccc4)nc(Nc4ccccc4)n3)cc2s1)N1CCCC1. The molecular formula is C28H26N8OS2. The van der Waals surface area contributed by atoms with E-state index in [-0.39, 0.29) is 5.91 Å². The van der Waals surface area contributed by atoms with Crippen molar-refractivity contribution in [3.05, 3.63) is 78.9 Å². The highest BCUT2D eigenvalue weighted by Crippen LogP contribution is 2.32. The summed E-state index contributed by atoms with van der Waals surface area (Å²) in [7, 11) is 0. The first-order valence-corrected chi connectivity index (χ1v) is 14.5. The van der Waals surface area contributed by atoms with Crippen LogP contribution in [0.5, 0.6) is 0 Å². The first-order valence-electron chi connectivity index (χ1n) is 12.7. The fourth-order valence-corrected chi connectivity index (χ4v) is 6.21. The van der Waals surface area contributed by atoms with E-state index in [1.54, 1.807) is 11.3 Å². The first kappa shape index (κ1) is 25.1. The average molecular weight is 555 g/mol. The standard InChI is InChI=1S/C28H26N8OS2/c37-24(36-15-7-8-16-36)18-38-28-32-22-14-13-21(17-23(22)39-28)31-27-34-25(29-19-9-3-1-4-10-19)33-26(35-27)30-20-11-5-2-6-12-20/h1-6,9-14,17H,7-8,15-16,18H2,(H3,29,30,31,33,34,35). The van der Waals surface area contributed by atoms with Crippen molar-refractivity contribution in [2.75, 3.05) is 34.8 Å². The zero-order chi connectivity index (χ0) is 26.4. The topological polar surface area (TPSA) is 108 Å². The highest BCUT2D eigenvalue weighted by molar-refractivity contribution is 8.01. The fraction of sp³-hybridized carbons (Fsp3) is 0.179. The third-order valence-corrected chi connectivity index (χ3v) is 8.24. The highest BCUT2D eigenvalue weighted by atomic mass is 32.2. The van der Waals surface area contributed by atoms with Crippen molar-refractivity contribution in [2.45, 2.75) is 17.2 Å². The van der Waals surface area contributed by atoms with Crippen LogP contribution in [-0.4, -0.2) is 49.6 Å². The van der Waals surface area contributed by atoms with E-state index in [4.69, 9.17) is 4.98 Å². The van der Waals surface area contributed by atoms with Crippen LogP contribution in [0.3, 0.4) is 0 Å². The van der Waals surface area contributed by atoms with Crippen LogP contribution in [0.1, 0.15) is 12.8 Å². The molecule has 39 heavy (non-hydrogen) atoms. The number of aromatic nitrogens is 4. The van der Waals surface area contributed by atoms with Crippen LogP contribution in [0, 0.1) is 0 Å². The monoisotopic (exact) mass is 554 g/mol. The second-order valence-corrected chi connectivity index (χ2v) is 11.2. The zero-order valence-corrected chi connectivity index (χ0v) is 22.6. The minimum absolute atomic E-state index is 0.189. The van der Waals surface area contributed by atoms with Gasteiger partial charge >= 0.3 is 0 Å². The van der Waals surface area contributed by atoms with Crippen molar-refractivity contribution in [3.63, 3.8) is 0 Å². The minimum Gasteiger partial charge on any atom is -0.342 e. The van der Waals surface area contributed by atoms with E-state index in [9.17, 15) is 4.79 Å². The zero-order valence-electron chi connectivity index (χ0n) is 21.0. The van der Waals surface area contributed by atoms with E-state index in [2.05, 4.69) is 30.9 Å². The summed E-state index contributed by atoms with van der Waals surface area (Å²) < 4.78 is 1.91. The van der Waals surface area contributed by atoms with Crippen molar-refractivity contribution in [1.82, 2.24) is 24.8 Å². The van der Waals surface area contributed by atoms with E-state index in [0.717, 1.165) is 57.5 Å². The number of hydrogen-bond acceptors (Lipinski definition) is 10. The van der Waals surface area contributed by atoms with Gasteiger partial charge in [-0.2, -0.15) is 15.0 Å². The number of thiazole rings is 1. The Morgan fingerprint density at radius 2 is 1.31 bits per heavy atom. The maximum absolute atomic E-state index is 12.4. The Bertz CT molecular complexity index is 1510. The van der Waals surface area contributed by atoms with Crippen molar-refractivity contribution in [3.8, 4) is 0 Å². The Balaban J connectivity index is 1.21. The molecular weight excluding hydrogens is 528 g/mol. The molecule has 6 rings (SSSR count). The fourth-order valence-electron chi connectivity index (χ4n) is 4.20. The number of fused-ring (bicyclic) bond motifs is 1. The van der Waals surface area contributed by atoms with Crippen LogP contribution < -0.4 is 16.0 Å². The van der Waals surface area contributed by atoms with E-state index in [1.807, 2.05) is 83.8 Å². The predicted molar refractivity (Wildman–Crippen MR) is 159 cm³/mol. The Morgan fingerprint density at radius 1 is 0.744 bits per heavy atom. The van der Waals surface area contributed by atoms with Crippen LogP contribution >= 0.6 is 23.1 Å². The number of carbonyl (C=O) groups is 1. The summed E-state index contributed by atoms with van der Waals surface area (Å²) >= 11 is 3.08. The maximum atomic E-state index is 12.4. The van der Waals surface area contributed by atoms with Crippen LogP contribution in [0.15, 0.2) is 83.2 Å². The van der Waals surface area contributed by atoms with Gasteiger partial charge in [0.2, 0.25) is 23.8 Å². The molecule has 3 N–H and O–H groups in total. The number of para-hydroxylation sites is 2. The number of nitrogens with one attached hydrogen (secondary N) is 3. The van der Waals surface area contributed by atoms with Crippen LogP contribution in [0.25, 0.3) is 10.2 Å². The van der Waals surface area contributed by atoms with Gasteiger partial charge in [0.1, 0.15) is 0 Å². The number of amides is 1. The van der Waals surface area contributed by atoms with E-state index in [0.29, 0.717) is 23.6 Å². The number of carbonyl (C=O) groups excluding carboxylic acids is 1. The van der Waals surface area contributed by atoms with Gasteiger partial charge in [0.15, 0.2) is 4.34 Å². The largest absolute Gasteiger partial charge is 0.342 e. The summed E-state index contributed by atoms with van der Waals surface area (Å²) in [5, 5.41) is 9.81. The summed E-state index contributed by atoms with van der Waals surface area (Å²) in [6.45, 7) is 1.74. The Morgan fingerprint density at radius 3 is 1.90 bits per heavy atom. The maximum Gasteiger partial charge on any atom is 0.233 e. The summed E-state index contributed by atoms with van der Waals surface area (Å²) in [5.41, 5.74) is 3.48. The molecule has 9 nitrogen and oxygen atoms in total. The number of rotatable bonds is 9. The van der Waals surface area contributed by atoms with E-state index >= 15 is 0 Å². The summed E-state index contributed by atoms with van der Waals surface area (Å²) in [6.07, 6.45) is 2.20. The molecule has 1 amide bonds. The van der Waals surface area contributed by atoms with Gasteiger partial charge in [-0.05, 0) is 55.3 Å². The summed E-state index contributed by atoms with van der Waals surface area (Å²) in [4.78, 5) is 32.8. The molecule has 196 valence electrons. The lowest BCUT2D eigenvalue weighted by Crippen LogP contribution is -2.29. The molecule has 2 aromatic heterocycles. The Kier molecular flexibility index (Phi) is 7.50. The van der Waals surface area contributed by atoms with Gasteiger partial charge in [-0.15, -0.1) is 11.3 Å². The molecule has 0 aliphatic carbocycles. The molecule has 0 bridgehead atoms. The van der Waals surface area contributed by atoms with Crippen molar-refractivity contribution in [2.24, 2.45) is 0 Å². The molecule has 0 spiro atoms. The molecule has 11 heteroatoms. The predicted octanol–water partition coefficient (Wildman–Crippen LogP) is 6.43. The smallest absolute Gasteiger partial charge is 0.233 e. The molecule has 1 saturated heterocycles. The third-order valence-electron chi connectivity index (χ3n) is 6.10. The Labute approximate surface area is 234 Å². The van der Waals surface area contributed by atoms with Crippen LogP contribution in [-0.2, 0) is 4.79 Å². The van der Waals surface area contributed by atoms with E-state index in [1.165, 1.54) is 11.8 Å². The minimum atomic E-state index is 0.189. The number of hydrogen-bond donors (Lipinski definition) is 3. The Hall–Kier alpha value is -4.22. The molecule has 0 atom stereocenters. The summed E-state index contributed by atoms with van der Waals surface area (Å²) in [5.74, 6) is 1.84. The number of benzene rings is 3. The summed E-state index contributed by atoms with van der Waals surface area (Å²) in [6, 6.07) is 25.5. The molecule has 1 fully saturated rings. The quantitative estimate of drug-likeness (QED) is 0.178. The van der Waals surface area contributed by atoms with Crippen molar-refractivity contribution < 1.29 is 4.79 Å². The average Bonchev–Trinajstić information content (AvgIpc) is 3.63. The second kappa shape index (κ2) is 11.7. The van der Waals surface area contributed by atoms with Gasteiger partial charge in [-0.3, -0.25) is 4.79 Å². The normalized spacial score (nSPS) is 13.0. The first-order chi connectivity index (χ1) is 19.2. The van der Waals surface area contributed by atoms with Crippen LogP contribution in [0.2, 0.25) is 0 Å². The van der Waals surface area contributed by atoms with E-state index < -0.39 is 0 Å². The number of anilines is 6. The second-order valence-electron chi connectivity index (χ2n) is 8.95. The molecule has 3 heterocycles. The molecule has 1 aliphatic rings. The van der Waals surface area contributed by atoms with Gasteiger partial charge in [-0.1, -0.05) is 48.2 Å². The molecule has 1 aliphatic heterocycles. The molecule has 0 saturated carbocycles. The number of nitrogens with zero attached hydrogens (tertiary/aromatic N) is 5. The van der Waals surface area contributed by atoms with Gasteiger partial charge < -0.3 is 20.9 Å². The number of likely N-dealkylation sites (tertiary alicyclic amines) is 1. The lowest BCUT2D eigenvalue weighted by Gasteiger charge is -2.13. The molecule has 5 aromatic rings. The lowest BCUT2D eigenvalue weighted by atomic mass is 10.3. The highest BCUT2D eigenvalue weighted by Gasteiger charge is 2.18. The van der Waals surface area contributed by atoms with Gasteiger partial charge in [-0.25, -0.2) is 4.98 Å². The van der Waals surface area contributed by atoms with Crippen molar-refractivity contribution >= 4 is 74.1 Å². The van der Waals surface area contributed by atoms with Gasteiger partial charge in [0, 0.05) is 30.2 Å². The molecule has 0 unspecified atom stereocenters. The number of thioether (sulfide) groups is 1. The third kappa shape index (κ3) is 6.44. The molecule has 0 radical (unpaired) electrons. The molecule has 3 aromatic carbocycles. The lowest BCUT2D eigenvalue weighted by molar-refractivity contribution is -0.127. The van der Waals surface area contributed by atoms with Crippen LogP contribution in [0.4, 0.5) is 34.9 Å².